The smallest absolute Gasteiger partial charge is 0.409 e. The van der Waals surface area contributed by atoms with Crippen LogP contribution in [0.15, 0.2) is 24.3 Å². The number of fused-ring (bicyclic) bond motifs is 5. The zero-order valence-corrected chi connectivity index (χ0v) is 31.9. The van der Waals surface area contributed by atoms with E-state index >= 15 is 0 Å². The third-order valence-electron chi connectivity index (χ3n) is 13.8. The van der Waals surface area contributed by atoms with E-state index in [2.05, 4.69) is 60.8 Å². The molecule has 6 atom stereocenters. The third-order valence-corrected chi connectivity index (χ3v) is 13.8. The van der Waals surface area contributed by atoms with Gasteiger partial charge in [0.15, 0.2) is 0 Å². The van der Waals surface area contributed by atoms with Gasteiger partial charge < -0.3 is 24.0 Å². The van der Waals surface area contributed by atoms with Crippen molar-refractivity contribution < 1.29 is 19.0 Å². The second-order valence-corrected chi connectivity index (χ2v) is 17.2. The van der Waals surface area contributed by atoms with Crippen molar-refractivity contribution in [3.05, 3.63) is 57.6 Å². The van der Waals surface area contributed by atoms with E-state index in [9.17, 15) is 4.79 Å². The normalized spacial score (nSPS) is 29.6. The Morgan fingerprint density at radius 2 is 1.83 bits per heavy atom. The lowest BCUT2D eigenvalue weighted by molar-refractivity contribution is 0.0138. The molecule has 0 spiro atoms. The summed E-state index contributed by atoms with van der Waals surface area (Å²) in [6, 6.07) is 9.81. The van der Waals surface area contributed by atoms with Crippen LogP contribution in [0.2, 0.25) is 0 Å². The number of hydrogen-bond acceptors (Lipinski definition) is 8. The van der Waals surface area contributed by atoms with Gasteiger partial charge in [0.05, 0.1) is 24.3 Å². The summed E-state index contributed by atoms with van der Waals surface area (Å²) in [5, 5.41) is 1.12. The lowest BCUT2D eigenvalue weighted by Crippen LogP contribution is -2.48. The number of aromatic nitrogens is 2. The molecule has 5 heterocycles. The number of piperidine rings is 1. The summed E-state index contributed by atoms with van der Waals surface area (Å²) < 4.78 is 18.1. The maximum absolute atomic E-state index is 12.8. The number of morpholine rings is 1. The predicted octanol–water partition coefficient (Wildman–Crippen LogP) is 7.02. The van der Waals surface area contributed by atoms with Crippen molar-refractivity contribution in [2.75, 3.05) is 64.1 Å². The second-order valence-electron chi connectivity index (χ2n) is 17.2. The van der Waals surface area contributed by atoms with E-state index in [4.69, 9.17) is 30.6 Å². The largest absolute Gasteiger partial charge is 0.461 e. The fourth-order valence-electron chi connectivity index (χ4n) is 11.2. The van der Waals surface area contributed by atoms with Crippen LogP contribution in [-0.2, 0) is 15.9 Å². The Balaban J connectivity index is 1.03. The highest BCUT2D eigenvalue weighted by Gasteiger charge is 2.50. The lowest BCUT2D eigenvalue weighted by Gasteiger charge is -2.35. The van der Waals surface area contributed by atoms with Crippen molar-refractivity contribution in [2.24, 2.45) is 17.8 Å². The highest BCUT2D eigenvalue weighted by molar-refractivity contribution is 5.93. The number of carbonyl (C=O) groups is 1. The minimum absolute atomic E-state index is 0.0962. The van der Waals surface area contributed by atoms with E-state index in [1.165, 1.54) is 47.1 Å². The van der Waals surface area contributed by atoms with Gasteiger partial charge in [-0.15, -0.1) is 6.42 Å². The molecule has 4 saturated heterocycles. The van der Waals surface area contributed by atoms with Crippen LogP contribution in [0.25, 0.3) is 10.9 Å². The first-order chi connectivity index (χ1) is 25.8. The molecule has 1 aromatic heterocycles. The molecule has 9 rings (SSSR count). The molecule has 2 aliphatic carbocycles. The van der Waals surface area contributed by atoms with E-state index in [1.54, 1.807) is 4.90 Å². The van der Waals surface area contributed by atoms with E-state index in [1.807, 2.05) is 0 Å². The van der Waals surface area contributed by atoms with E-state index < -0.39 is 0 Å². The number of aryl methyl sites for hydroxylation is 2. The van der Waals surface area contributed by atoms with Gasteiger partial charge in [-0.2, -0.15) is 9.97 Å². The summed E-state index contributed by atoms with van der Waals surface area (Å²) >= 11 is 0. The van der Waals surface area contributed by atoms with Crippen LogP contribution < -0.4 is 9.64 Å². The van der Waals surface area contributed by atoms with Gasteiger partial charge in [0.25, 0.3) is 0 Å². The molecule has 0 radical (unpaired) electrons. The minimum atomic E-state index is -0.226. The number of rotatable bonds is 7. The number of anilines is 1. The number of carbonyl (C=O) groups excluding carboxylic acids is 1. The molecule has 3 aromatic rings. The summed E-state index contributed by atoms with van der Waals surface area (Å²) in [4.78, 5) is 30.2. The van der Waals surface area contributed by atoms with Crippen molar-refractivity contribution in [3.8, 4) is 18.4 Å². The molecule has 9 heteroatoms. The summed E-state index contributed by atoms with van der Waals surface area (Å²) in [6.45, 7) is 13.1. The number of terminal acetylenes is 1. The Morgan fingerprint density at radius 3 is 2.62 bits per heavy atom. The maximum atomic E-state index is 12.8. The van der Waals surface area contributed by atoms with E-state index in [0.29, 0.717) is 51.4 Å². The standard InChI is InChI=1S/C44H55N5O4/c1-5-35-29(3)7-10-33-21-28(2)22-38(39(33)35)36-11-12-37-40(30(36)4)45-42(46-41(37)48-24-31-8-9-32(23-31)25-48)53-27-44-14-6-16-49(44)34(13-15-44)26-52-43(50)47-17-19-51-20-18-47/h1,7,10-12,28,31-32,34,38H,6,8-9,13-27H2,2-4H3/t28-,31?,32?,34?,38+,44?/m1/s1. The molecule has 9 nitrogen and oxygen atoms in total. The molecule has 280 valence electrons. The first kappa shape index (κ1) is 34.9. The van der Waals surface area contributed by atoms with Crippen molar-refractivity contribution in [3.63, 3.8) is 0 Å². The van der Waals surface area contributed by atoms with Gasteiger partial charge in [-0.05, 0) is 130 Å². The number of hydrogen-bond donors (Lipinski definition) is 0. The zero-order chi connectivity index (χ0) is 36.3. The first-order valence-electron chi connectivity index (χ1n) is 20.3. The quantitative estimate of drug-likeness (QED) is 0.242. The number of benzene rings is 2. The van der Waals surface area contributed by atoms with Crippen LogP contribution >= 0.6 is 0 Å². The molecule has 53 heavy (non-hydrogen) atoms. The average molecular weight is 718 g/mol. The van der Waals surface area contributed by atoms with Crippen LogP contribution in [0.5, 0.6) is 6.01 Å². The van der Waals surface area contributed by atoms with Gasteiger partial charge in [-0.25, -0.2) is 4.79 Å². The molecule has 4 unspecified atom stereocenters. The molecule has 2 bridgehead atoms. The van der Waals surface area contributed by atoms with Crippen LogP contribution in [0.1, 0.15) is 97.6 Å². The molecular weight excluding hydrogens is 663 g/mol. The van der Waals surface area contributed by atoms with Gasteiger partial charge in [0.1, 0.15) is 19.0 Å². The Morgan fingerprint density at radius 1 is 1.02 bits per heavy atom. The summed E-state index contributed by atoms with van der Waals surface area (Å²) in [5.41, 5.74) is 8.36. The monoisotopic (exact) mass is 717 g/mol. The lowest BCUT2D eigenvalue weighted by atomic mass is 9.71. The maximum Gasteiger partial charge on any atom is 0.409 e. The molecule has 2 aromatic carbocycles. The number of nitrogens with zero attached hydrogens (tertiary/aromatic N) is 5. The Bertz CT molecular complexity index is 1920. The van der Waals surface area contributed by atoms with Crippen molar-refractivity contribution in [1.29, 1.82) is 0 Å². The minimum Gasteiger partial charge on any atom is -0.461 e. The molecule has 5 fully saturated rings. The summed E-state index contributed by atoms with van der Waals surface area (Å²) in [6.07, 6.45) is 16.2. The SMILES string of the molecule is C#Cc1c(C)ccc2c1[C@H](c1ccc3c(N4CC5CCC(C5)C4)nc(OCC45CCCN4C(COC(=O)N4CCOCC4)CC5)nc3c1C)C[C@H](C)C2. The topological polar surface area (TPSA) is 80.3 Å². The fourth-order valence-corrected chi connectivity index (χ4v) is 11.2. The third kappa shape index (κ3) is 6.34. The van der Waals surface area contributed by atoms with Gasteiger partial charge in [-0.3, -0.25) is 4.90 Å². The molecule has 1 saturated carbocycles. The van der Waals surface area contributed by atoms with Gasteiger partial charge in [0, 0.05) is 49.1 Å². The number of ether oxygens (including phenoxy) is 3. The summed E-state index contributed by atoms with van der Waals surface area (Å²) in [7, 11) is 0. The zero-order valence-electron chi connectivity index (χ0n) is 31.9. The van der Waals surface area contributed by atoms with E-state index in [0.717, 1.165) is 92.3 Å². The second kappa shape index (κ2) is 14.1. The number of amides is 1. The molecule has 6 aliphatic rings. The Labute approximate surface area is 314 Å². The van der Waals surface area contributed by atoms with Crippen molar-refractivity contribution in [2.45, 2.75) is 96.1 Å². The highest BCUT2D eigenvalue weighted by Crippen LogP contribution is 2.46. The fraction of sp³-hybridized carbons (Fsp3) is 0.614. The summed E-state index contributed by atoms with van der Waals surface area (Å²) in [5.74, 6) is 6.34. The van der Waals surface area contributed by atoms with Gasteiger partial charge in [-0.1, -0.05) is 31.0 Å². The van der Waals surface area contributed by atoms with Gasteiger partial charge >= 0.3 is 12.1 Å². The molecule has 0 N–H and O–H groups in total. The van der Waals surface area contributed by atoms with Crippen molar-refractivity contribution >= 4 is 22.8 Å². The van der Waals surface area contributed by atoms with Crippen LogP contribution in [0, 0.1) is 43.9 Å². The first-order valence-corrected chi connectivity index (χ1v) is 20.3. The Hall–Kier alpha value is -3.87. The molecule has 1 amide bonds. The molecular formula is C44H55N5O4. The van der Waals surface area contributed by atoms with Gasteiger partial charge in [0.2, 0.25) is 0 Å². The highest BCUT2D eigenvalue weighted by atomic mass is 16.6. The van der Waals surface area contributed by atoms with Crippen LogP contribution in [0.4, 0.5) is 10.6 Å². The Kier molecular flexibility index (Phi) is 9.27. The predicted molar refractivity (Wildman–Crippen MR) is 207 cm³/mol. The van der Waals surface area contributed by atoms with E-state index in [-0.39, 0.29) is 23.6 Å². The van der Waals surface area contributed by atoms with Crippen molar-refractivity contribution in [1.82, 2.24) is 19.8 Å². The van der Waals surface area contributed by atoms with Crippen LogP contribution in [-0.4, -0.2) is 96.6 Å². The van der Waals surface area contributed by atoms with Crippen LogP contribution in [0.3, 0.4) is 0 Å². The average Bonchev–Trinajstić information content (AvgIpc) is 3.85. The molecule has 4 aliphatic heterocycles.